The van der Waals surface area contributed by atoms with Crippen molar-refractivity contribution >= 4 is 22.6 Å². The van der Waals surface area contributed by atoms with E-state index < -0.39 is 0 Å². The average Bonchev–Trinajstić information content (AvgIpc) is 2.34. The topological polar surface area (TPSA) is 21.3 Å². The first-order chi connectivity index (χ1) is 7.93. The molecule has 0 aromatic heterocycles. The predicted octanol–water partition coefficient (Wildman–Crippen LogP) is 3.26. The molecule has 0 atom stereocenters. The lowest BCUT2D eigenvalue weighted by atomic mass is 10.3. The Morgan fingerprint density at radius 1 is 1.00 bits per heavy atom. The Hall–Kier alpha value is -0.290. The minimum absolute atomic E-state index is 0.795. The first-order valence-corrected chi connectivity index (χ1v) is 7.40. The van der Waals surface area contributed by atoms with Gasteiger partial charge in [0.15, 0.2) is 0 Å². The minimum Gasteiger partial charge on any atom is -0.494 e. The summed E-state index contributed by atoms with van der Waals surface area (Å²) in [5, 5.41) is 3.42. The Morgan fingerprint density at radius 2 is 1.75 bits per heavy atom. The van der Waals surface area contributed by atoms with Gasteiger partial charge in [-0.15, -0.1) is 0 Å². The van der Waals surface area contributed by atoms with Crippen LogP contribution in [0.4, 0.5) is 0 Å². The molecule has 0 aliphatic rings. The smallest absolute Gasteiger partial charge is 0.119 e. The van der Waals surface area contributed by atoms with Crippen LogP contribution in [0.5, 0.6) is 5.75 Å². The van der Waals surface area contributed by atoms with Crippen LogP contribution in [0.15, 0.2) is 30.3 Å². The molecule has 0 bridgehead atoms. The second kappa shape index (κ2) is 9.90. The highest BCUT2D eigenvalue weighted by molar-refractivity contribution is 14.1. The molecule has 1 N–H and O–H groups in total. The third-order valence-electron chi connectivity index (χ3n) is 2.25. The third-order valence-corrected chi connectivity index (χ3v) is 3.01. The average molecular weight is 333 g/mol. The molecule has 16 heavy (non-hydrogen) atoms. The molecule has 0 saturated heterocycles. The summed E-state index contributed by atoms with van der Waals surface area (Å²) in [6.07, 6.45) is 3.66. The number of unbranched alkanes of at least 4 members (excludes halogenated alkanes) is 1. The maximum Gasteiger partial charge on any atom is 0.119 e. The van der Waals surface area contributed by atoms with Crippen molar-refractivity contribution in [2.75, 3.05) is 24.1 Å². The quantitative estimate of drug-likeness (QED) is 0.425. The number of para-hydroxylation sites is 1. The first-order valence-electron chi connectivity index (χ1n) is 5.88. The van der Waals surface area contributed by atoms with Crippen LogP contribution in [0.25, 0.3) is 0 Å². The lowest BCUT2D eigenvalue weighted by Crippen LogP contribution is -2.18. The summed E-state index contributed by atoms with van der Waals surface area (Å²) in [5.74, 6) is 0.965. The molecule has 1 rings (SSSR count). The van der Waals surface area contributed by atoms with Crippen LogP contribution in [0, 0.1) is 0 Å². The van der Waals surface area contributed by atoms with Gasteiger partial charge in [0.1, 0.15) is 5.75 Å². The molecule has 0 radical (unpaired) electrons. The van der Waals surface area contributed by atoms with Crippen molar-refractivity contribution in [1.29, 1.82) is 0 Å². The van der Waals surface area contributed by atoms with Crippen molar-refractivity contribution < 1.29 is 4.74 Å². The van der Waals surface area contributed by atoms with E-state index in [9.17, 15) is 0 Å². The zero-order valence-electron chi connectivity index (χ0n) is 9.62. The number of hydrogen-bond acceptors (Lipinski definition) is 2. The molecule has 1 aromatic rings. The van der Waals surface area contributed by atoms with Crippen LogP contribution in [0.2, 0.25) is 0 Å². The maximum atomic E-state index is 5.59. The monoisotopic (exact) mass is 333 g/mol. The van der Waals surface area contributed by atoms with Gasteiger partial charge in [-0.05, 0) is 48.9 Å². The van der Waals surface area contributed by atoms with E-state index in [1.165, 1.54) is 17.3 Å². The molecular formula is C13H20INO. The third kappa shape index (κ3) is 7.06. The van der Waals surface area contributed by atoms with E-state index in [4.69, 9.17) is 4.74 Å². The molecule has 0 aliphatic heterocycles. The normalized spacial score (nSPS) is 10.3. The molecule has 90 valence electrons. The van der Waals surface area contributed by atoms with Gasteiger partial charge in [0.05, 0.1) is 6.61 Å². The van der Waals surface area contributed by atoms with Gasteiger partial charge in [0, 0.05) is 0 Å². The van der Waals surface area contributed by atoms with E-state index in [2.05, 4.69) is 27.9 Å². The standard InChI is InChI=1S/C13H20INO/c14-9-4-5-10-15-11-6-12-16-13-7-2-1-3-8-13/h1-3,7-8,15H,4-6,9-12H2. The highest BCUT2D eigenvalue weighted by atomic mass is 127. The molecule has 0 spiro atoms. The fourth-order valence-electron chi connectivity index (χ4n) is 1.37. The number of halogens is 1. The minimum atomic E-state index is 0.795. The molecule has 0 aliphatic carbocycles. The molecule has 0 heterocycles. The van der Waals surface area contributed by atoms with E-state index >= 15 is 0 Å². The predicted molar refractivity (Wildman–Crippen MR) is 77.5 cm³/mol. The number of rotatable bonds is 9. The lowest BCUT2D eigenvalue weighted by Gasteiger charge is -2.06. The van der Waals surface area contributed by atoms with Gasteiger partial charge >= 0.3 is 0 Å². The van der Waals surface area contributed by atoms with Gasteiger partial charge in [0.25, 0.3) is 0 Å². The Labute approximate surface area is 112 Å². The number of hydrogen-bond donors (Lipinski definition) is 1. The van der Waals surface area contributed by atoms with Gasteiger partial charge in [-0.2, -0.15) is 0 Å². The van der Waals surface area contributed by atoms with Crippen molar-refractivity contribution in [2.45, 2.75) is 19.3 Å². The molecule has 0 fully saturated rings. The van der Waals surface area contributed by atoms with Crippen molar-refractivity contribution in [1.82, 2.24) is 5.32 Å². The lowest BCUT2D eigenvalue weighted by molar-refractivity contribution is 0.308. The van der Waals surface area contributed by atoms with Crippen LogP contribution in [0.3, 0.4) is 0 Å². The molecule has 3 heteroatoms. The van der Waals surface area contributed by atoms with E-state index in [1.54, 1.807) is 0 Å². The first kappa shape index (κ1) is 13.8. The number of ether oxygens (including phenoxy) is 1. The summed E-state index contributed by atoms with van der Waals surface area (Å²) in [7, 11) is 0. The van der Waals surface area contributed by atoms with E-state index in [0.717, 1.165) is 31.9 Å². The van der Waals surface area contributed by atoms with Crippen molar-refractivity contribution in [3.63, 3.8) is 0 Å². The van der Waals surface area contributed by atoms with Gasteiger partial charge in [-0.25, -0.2) is 0 Å². The fourth-order valence-corrected chi connectivity index (χ4v) is 1.91. The maximum absolute atomic E-state index is 5.59. The zero-order valence-corrected chi connectivity index (χ0v) is 11.8. The largest absolute Gasteiger partial charge is 0.494 e. The molecular weight excluding hydrogens is 313 g/mol. The summed E-state index contributed by atoms with van der Waals surface area (Å²) in [5.41, 5.74) is 0. The Morgan fingerprint density at radius 3 is 2.50 bits per heavy atom. The van der Waals surface area contributed by atoms with Crippen LogP contribution in [-0.2, 0) is 0 Å². The van der Waals surface area contributed by atoms with Crippen LogP contribution < -0.4 is 10.1 Å². The Bertz CT molecular complexity index is 253. The second-order valence-corrected chi connectivity index (χ2v) is 4.74. The molecule has 0 amide bonds. The highest BCUT2D eigenvalue weighted by Crippen LogP contribution is 2.07. The van der Waals surface area contributed by atoms with Crippen molar-refractivity contribution in [2.24, 2.45) is 0 Å². The van der Waals surface area contributed by atoms with Crippen LogP contribution in [-0.4, -0.2) is 24.1 Å². The molecule has 0 unspecified atom stereocenters. The Balaban J connectivity index is 1.89. The van der Waals surface area contributed by atoms with Gasteiger partial charge in [0.2, 0.25) is 0 Å². The molecule has 2 nitrogen and oxygen atoms in total. The fraction of sp³-hybridized carbons (Fsp3) is 0.538. The Kier molecular flexibility index (Phi) is 8.52. The zero-order chi connectivity index (χ0) is 11.5. The van der Waals surface area contributed by atoms with Gasteiger partial charge in [-0.1, -0.05) is 40.8 Å². The molecule has 1 aromatic carbocycles. The van der Waals surface area contributed by atoms with Gasteiger partial charge in [-0.3, -0.25) is 0 Å². The SMILES string of the molecule is ICCCCNCCCOc1ccccc1. The highest BCUT2D eigenvalue weighted by Gasteiger charge is 1.92. The number of nitrogens with one attached hydrogen (secondary N) is 1. The van der Waals surface area contributed by atoms with Crippen molar-refractivity contribution in [3.8, 4) is 5.75 Å². The summed E-state index contributed by atoms with van der Waals surface area (Å²) in [6.45, 7) is 2.98. The van der Waals surface area contributed by atoms with E-state index in [1.807, 2.05) is 30.3 Å². The number of alkyl halides is 1. The van der Waals surface area contributed by atoms with E-state index in [0.29, 0.717) is 0 Å². The van der Waals surface area contributed by atoms with Crippen molar-refractivity contribution in [3.05, 3.63) is 30.3 Å². The van der Waals surface area contributed by atoms with E-state index in [-0.39, 0.29) is 0 Å². The summed E-state index contributed by atoms with van der Waals surface area (Å²) >= 11 is 2.42. The summed E-state index contributed by atoms with van der Waals surface area (Å²) < 4.78 is 6.85. The second-order valence-electron chi connectivity index (χ2n) is 3.66. The van der Waals surface area contributed by atoms with Gasteiger partial charge < -0.3 is 10.1 Å². The summed E-state index contributed by atoms with van der Waals surface area (Å²) in [4.78, 5) is 0. The van der Waals surface area contributed by atoms with Crippen LogP contribution >= 0.6 is 22.6 Å². The number of benzene rings is 1. The summed E-state index contributed by atoms with van der Waals surface area (Å²) in [6, 6.07) is 9.98. The molecule has 0 saturated carbocycles. The van der Waals surface area contributed by atoms with Crippen LogP contribution in [0.1, 0.15) is 19.3 Å².